The summed E-state index contributed by atoms with van der Waals surface area (Å²) in [5, 5.41) is 4.42. The van der Waals surface area contributed by atoms with E-state index in [1.165, 1.54) is 30.6 Å². The molecule has 0 radical (unpaired) electrons. The number of rotatable bonds is 1. The Morgan fingerprint density at radius 1 is 1.26 bits per heavy atom. The Balaban J connectivity index is 1.40. The van der Waals surface area contributed by atoms with E-state index in [0.29, 0.717) is 0 Å². The molecular weight excluding hydrogens is 306 g/mol. The maximum absolute atomic E-state index is 4.85. The largest absolute Gasteiger partial charge is 0.337 e. The summed E-state index contributed by atoms with van der Waals surface area (Å²) in [5.74, 6) is 1.76. The van der Waals surface area contributed by atoms with E-state index in [0.717, 1.165) is 35.6 Å². The van der Waals surface area contributed by atoms with Crippen LogP contribution in [0.4, 0.5) is 5.13 Å². The summed E-state index contributed by atoms with van der Waals surface area (Å²) < 4.78 is 1.22. The second kappa shape index (κ2) is 4.92. The van der Waals surface area contributed by atoms with Crippen LogP contribution in [0.3, 0.4) is 0 Å². The van der Waals surface area contributed by atoms with Gasteiger partial charge in [0.05, 0.1) is 22.3 Å². The molecule has 23 heavy (non-hydrogen) atoms. The number of hydrogen-bond donors (Lipinski definition) is 1. The number of thiazole rings is 1. The third-order valence-corrected chi connectivity index (χ3v) is 6.80. The molecule has 1 spiro atoms. The van der Waals surface area contributed by atoms with Gasteiger partial charge in [0.1, 0.15) is 0 Å². The first kappa shape index (κ1) is 13.7. The zero-order valence-corrected chi connectivity index (χ0v) is 14.1. The number of nitrogens with zero attached hydrogens (tertiary/aromatic N) is 4. The number of hydrogen-bond acceptors (Lipinski definition) is 6. The molecule has 1 aromatic heterocycles. The first-order valence-electron chi connectivity index (χ1n) is 8.38. The van der Waals surface area contributed by atoms with E-state index < -0.39 is 0 Å². The molecule has 3 fully saturated rings. The van der Waals surface area contributed by atoms with Gasteiger partial charge in [0.15, 0.2) is 5.13 Å². The van der Waals surface area contributed by atoms with Crippen molar-refractivity contribution in [1.82, 2.24) is 14.8 Å². The van der Waals surface area contributed by atoms with Crippen molar-refractivity contribution in [3.63, 3.8) is 0 Å². The van der Waals surface area contributed by atoms with Crippen LogP contribution in [0.5, 0.6) is 0 Å². The van der Waals surface area contributed by atoms with Crippen molar-refractivity contribution in [2.45, 2.75) is 18.4 Å². The van der Waals surface area contributed by atoms with Gasteiger partial charge < -0.3 is 15.1 Å². The van der Waals surface area contributed by atoms with Crippen molar-refractivity contribution in [2.24, 2.45) is 10.9 Å². The van der Waals surface area contributed by atoms with E-state index in [4.69, 9.17) is 4.99 Å². The number of piperidine rings is 3. The number of guanidine groups is 1. The van der Waals surface area contributed by atoms with E-state index >= 15 is 0 Å². The third kappa shape index (κ3) is 2.01. The normalized spacial score (nSPS) is 32.7. The zero-order chi connectivity index (χ0) is 15.4. The van der Waals surface area contributed by atoms with Gasteiger partial charge in [0, 0.05) is 13.6 Å². The van der Waals surface area contributed by atoms with Crippen molar-refractivity contribution < 1.29 is 0 Å². The maximum atomic E-state index is 4.85. The molecule has 1 N–H and O–H groups in total. The average Bonchev–Trinajstić information content (AvgIpc) is 3.13. The Morgan fingerprint density at radius 2 is 2.09 bits per heavy atom. The molecule has 6 heteroatoms. The van der Waals surface area contributed by atoms with Crippen molar-refractivity contribution in [1.29, 1.82) is 0 Å². The fraction of sp³-hybridized carbons (Fsp3) is 0.529. The number of para-hydroxylation sites is 1. The highest BCUT2D eigenvalue weighted by Gasteiger charge is 2.52. The molecule has 6 rings (SSSR count). The minimum atomic E-state index is 0.204. The Kier molecular flexibility index (Phi) is 2.94. The smallest absolute Gasteiger partial charge is 0.200 e. The summed E-state index contributed by atoms with van der Waals surface area (Å²) in [7, 11) is 2.20. The van der Waals surface area contributed by atoms with Crippen LogP contribution in [0.1, 0.15) is 12.8 Å². The second-order valence-corrected chi connectivity index (χ2v) is 8.00. The lowest BCUT2D eigenvalue weighted by molar-refractivity contribution is -0.0199. The van der Waals surface area contributed by atoms with E-state index in [9.17, 15) is 0 Å². The summed E-state index contributed by atoms with van der Waals surface area (Å²) >= 11 is 1.70. The highest BCUT2D eigenvalue weighted by molar-refractivity contribution is 7.22. The van der Waals surface area contributed by atoms with Crippen LogP contribution < -0.4 is 5.32 Å². The van der Waals surface area contributed by atoms with Crippen LogP contribution in [-0.4, -0.2) is 59.5 Å². The van der Waals surface area contributed by atoms with Gasteiger partial charge in [-0.15, -0.1) is 0 Å². The molecule has 120 valence electrons. The minimum Gasteiger partial charge on any atom is -0.337 e. The fourth-order valence-corrected chi connectivity index (χ4v) is 5.34. The van der Waals surface area contributed by atoms with Gasteiger partial charge in [-0.3, -0.25) is 4.99 Å². The lowest BCUT2D eigenvalue weighted by atomic mass is 9.72. The van der Waals surface area contributed by atoms with Crippen molar-refractivity contribution in [3.05, 3.63) is 24.3 Å². The zero-order valence-electron chi connectivity index (χ0n) is 13.3. The summed E-state index contributed by atoms with van der Waals surface area (Å²) in [6, 6.07) is 8.28. The van der Waals surface area contributed by atoms with Crippen LogP contribution in [0.15, 0.2) is 29.3 Å². The van der Waals surface area contributed by atoms with Crippen LogP contribution in [-0.2, 0) is 0 Å². The first-order valence-corrected chi connectivity index (χ1v) is 9.19. The SMILES string of the molecule is CN1C(Nc2nc3ccccc3s2)=NCC12CN1CCC2CC1. The van der Waals surface area contributed by atoms with Crippen LogP contribution in [0.25, 0.3) is 10.2 Å². The number of likely N-dealkylation sites (N-methyl/N-ethyl adjacent to an activating group) is 1. The van der Waals surface area contributed by atoms with Gasteiger partial charge in [-0.25, -0.2) is 4.98 Å². The summed E-state index contributed by atoms with van der Waals surface area (Å²) in [6.07, 6.45) is 2.63. The van der Waals surface area contributed by atoms with Crippen LogP contribution in [0, 0.1) is 5.92 Å². The van der Waals surface area contributed by atoms with E-state index in [-0.39, 0.29) is 5.54 Å². The highest BCUT2D eigenvalue weighted by atomic mass is 32.1. The minimum absolute atomic E-state index is 0.204. The average molecular weight is 327 g/mol. The van der Waals surface area contributed by atoms with Gasteiger partial charge >= 0.3 is 0 Å². The second-order valence-electron chi connectivity index (χ2n) is 6.96. The predicted octanol–water partition coefficient (Wildman–Crippen LogP) is 2.47. The highest BCUT2D eigenvalue weighted by Crippen LogP contribution is 2.42. The van der Waals surface area contributed by atoms with Crippen LogP contribution >= 0.6 is 11.3 Å². The molecule has 2 bridgehead atoms. The topological polar surface area (TPSA) is 43.8 Å². The number of aliphatic imine (C=N–C) groups is 1. The number of anilines is 1. The van der Waals surface area contributed by atoms with Gasteiger partial charge in [-0.2, -0.15) is 0 Å². The Hall–Kier alpha value is -1.66. The van der Waals surface area contributed by atoms with Crippen molar-refractivity contribution in [2.75, 3.05) is 38.5 Å². The Morgan fingerprint density at radius 3 is 2.83 bits per heavy atom. The van der Waals surface area contributed by atoms with Gasteiger partial charge in [0.25, 0.3) is 0 Å². The third-order valence-electron chi connectivity index (χ3n) is 5.85. The van der Waals surface area contributed by atoms with E-state index in [2.05, 4.69) is 45.3 Å². The van der Waals surface area contributed by atoms with Gasteiger partial charge in [-0.05, 0) is 44.0 Å². The molecule has 5 heterocycles. The fourth-order valence-electron chi connectivity index (χ4n) is 4.48. The lowest BCUT2D eigenvalue weighted by Crippen LogP contribution is -2.66. The molecule has 0 saturated carbocycles. The first-order chi connectivity index (χ1) is 11.2. The van der Waals surface area contributed by atoms with Gasteiger partial charge in [-0.1, -0.05) is 23.5 Å². The molecule has 5 nitrogen and oxygen atoms in total. The Bertz CT molecular complexity index is 743. The van der Waals surface area contributed by atoms with Gasteiger partial charge in [0.2, 0.25) is 5.96 Å². The Labute approximate surface area is 140 Å². The molecule has 0 amide bonds. The molecule has 4 aliphatic rings. The summed E-state index contributed by atoms with van der Waals surface area (Å²) in [5.41, 5.74) is 1.26. The van der Waals surface area contributed by atoms with Crippen LogP contribution in [0.2, 0.25) is 0 Å². The molecule has 3 saturated heterocycles. The molecule has 2 aromatic rings. The number of benzene rings is 1. The molecule has 1 atom stereocenters. The van der Waals surface area contributed by atoms with E-state index in [1.807, 2.05) is 6.07 Å². The quantitative estimate of drug-likeness (QED) is 0.874. The van der Waals surface area contributed by atoms with E-state index in [1.54, 1.807) is 11.3 Å². The standard InChI is InChI=1S/C17H21N5S/c1-21-15(20-16-19-13-4-2-3-5-14(13)23-16)18-10-17(21)11-22-8-6-12(17)7-9-22/h2-5,12H,6-11H2,1H3,(H,18,19,20). The molecule has 1 unspecified atom stereocenters. The summed E-state index contributed by atoms with van der Waals surface area (Å²) in [6.45, 7) is 4.60. The molecular formula is C17H21N5S. The lowest BCUT2D eigenvalue weighted by Gasteiger charge is -2.54. The molecule has 1 aromatic carbocycles. The molecule has 4 aliphatic heterocycles. The van der Waals surface area contributed by atoms with Crippen molar-refractivity contribution in [3.8, 4) is 0 Å². The molecule has 0 aliphatic carbocycles. The maximum Gasteiger partial charge on any atom is 0.200 e. The number of aromatic nitrogens is 1. The monoisotopic (exact) mass is 327 g/mol. The predicted molar refractivity (Wildman–Crippen MR) is 95.2 cm³/mol. The number of fused-ring (bicyclic) bond motifs is 3. The number of nitrogens with one attached hydrogen (secondary N) is 1. The summed E-state index contributed by atoms with van der Waals surface area (Å²) in [4.78, 5) is 14.5. The van der Waals surface area contributed by atoms with Crippen molar-refractivity contribution >= 4 is 32.6 Å².